The van der Waals surface area contributed by atoms with Crippen LogP contribution in [-0.4, -0.2) is 0 Å². The van der Waals surface area contributed by atoms with Gasteiger partial charge in [0.15, 0.2) is 0 Å². The second-order valence-electron chi connectivity index (χ2n) is 6.38. The molecule has 2 nitrogen and oxygen atoms in total. The third kappa shape index (κ3) is 2.15. The van der Waals surface area contributed by atoms with Crippen LogP contribution < -0.4 is 11.5 Å². The number of allylic oxidation sites excluding steroid dienone is 5. The van der Waals surface area contributed by atoms with E-state index in [9.17, 15) is 0 Å². The summed E-state index contributed by atoms with van der Waals surface area (Å²) in [4.78, 5) is 0. The second-order valence-corrected chi connectivity index (χ2v) is 6.38. The number of fused-ring (bicyclic) bond motifs is 1. The third-order valence-corrected chi connectivity index (χ3v) is 4.55. The van der Waals surface area contributed by atoms with E-state index in [2.05, 4.69) is 24.8 Å². The summed E-state index contributed by atoms with van der Waals surface area (Å²) in [7, 11) is 0. The molecule has 1 unspecified atom stereocenters. The predicted octanol–water partition coefficient (Wildman–Crippen LogP) is 3.49. The molecular weight excluding hydrogens is 244 g/mol. The van der Waals surface area contributed by atoms with E-state index in [4.69, 9.17) is 11.5 Å². The molecule has 4 N–H and O–H groups in total. The van der Waals surface area contributed by atoms with E-state index >= 15 is 0 Å². The predicted molar refractivity (Wildman–Crippen MR) is 85.1 cm³/mol. The van der Waals surface area contributed by atoms with Crippen molar-refractivity contribution in [2.45, 2.75) is 32.6 Å². The molecule has 2 aliphatic rings. The average molecular weight is 266 g/mol. The molecule has 0 aromatic heterocycles. The SMILES string of the molecule is C=CC1=C(/C=C(\C)N)CC2(C1)Cc1ccc(N)cc1C2. The summed E-state index contributed by atoms with van der Waals surface area (Å²) >= 11 is 0. The Balaban J connectivity index is 1.89. The Hall–Kier alpha value is -1.96. The molecule has 3 rings (SSSR count). The maximum Gasteiger partial charge on any atom is 0.0316 e. The minimum absolute atomic E-state index is 0.320. The minimum Gasteiger partial charge on any atom is -0.402 e. The van der Waals surface area contributed by atoms with Crippen molar-refractivity contribution >= 4 is 5.69 Å². The van der Waals surface area contributed by atoms with Crippen LogP contribution in [0.1, 0.15) is 30.9 Å². The summed E-state index contributed by atoms with van der Waals surface area (Å²) in [6.07, 6.45) is 8.57. The van der Waals surface area contributed by atoms with E-state index in [-0.39, 0.29) is 0 Å². The molecule has 0 heterocycles. The molecule has 1 atom stereocenters. The first-order valence-corrected chi connectivity index (χ1v) is 7.17. The highest BCUT2D eigenvalue weighted by atomic mass is 14.6. The summed E-state index contributed by atoms with van der Waals surface area (Å²) in [6, 6.07) is 6.34. The molecule has 2 heteroatoms. The molecule has 20 heavy (non-hydrogen) atoms. The molecule has 1 aromatic rings. The molecule has 1 spiro atoms. The minimum atomic E-state index is 0.320. The monoisotopic (exact) mass is 266 g/mol. The molecule has 104 valence electrons. The smallest absolute Gasteiger partial charge is 0.0316 e. The van der Waals surface area contributed by atoms with Gasteiger partial charge in [-0.3, -0.25) is 0 Å². The lowest BCUT2D eigenvalue weighted by Crippen LogP contribution is -2.17. The maximum atomic E-state index is 5.91. The van der Waals surface area contributed by atoms with E-state index in [1.165, 1.54) is 22.3 Å². The van der Waals surface area contributed by atoms with Gasteiger partial charge in [0, 0.05) is 11.4 Å². The standard InChI is InChI=1S/C18H22N2/c1-3-13-8-18(10-15(13)6-12(2)19)9-14-4-5-17(20)7-16(14)11-18/h3-7H,1,8-11,19-20H2,2H3/b12-6+. The normalized spacial score (nSPS) is 25.4. The summed E-state index contributed by atoms with van der Waals surface area (Å²) in [5.41, 5.74) is 19.4. The van der Waals surface area contributed by atoms with Gasteiger partial charge in [-0.1, -0.05) is 18.7 Å². The van der Waals surface area contributed by atoms with Gasteiger partial charge >= 0.3 is 0 Å². The van der Waals surface area contributed by atoms with Crippen molar-refractivity contribution in [3.8, 4) is 0 Å². The zero-order valence-electron chi connectivity index (χ0n) is 12.1. The molecular formula is C18H22N2. The summed E-state index contributed by atoms with van der Waals surface area (Å²) in [6.45, 7) is 5.92. The van der Waals surface area contributed by atoms with E-state index in [0.29, 0.717) is 5.41 Å². The highest BCUT2D eigenvalue weighted by molar-refractivity contribution is 5.50. The lowest BCUT2D eigenvalue weighted by Gasteiger charge is -2.23. The fourth-order valence-electron chi connectivity index (χ4n) is 3.82. The van der Waals surface area contributed by atoms with Crippen molar-refractivity contribution in [3.63, 3.8) is 0 Å². The Morgan fingerprint density at radius 2 is 1.85 bits per heavy atom. The van der Waals surface area contributed by atoms with Crippen LogP contribution in [0.15, 0.2) is 53.8 Å². The molecule has 0 radical (unpaired) electrons. The maximum absolute atomic E-state index is 5.91. The van der Waals surface area contributed by atoms with Crippen molar-refractivity contribution in [2.24, 2.45) is 11.1 Å². The van der Waals surface area contributed by atoms with E-state index in [1.54, 1.807) is 0 Å². The van der Waals surface area contributed by atoms with Gasteiger partial charge in [0.05, 0.1) is 0 Å². The summed E-state index contributed by atoms with van der Waals surface area (Å²) in [5, 5.41) is 0. The van der Waals surface area contributed by atoms with Crippen molar-refractivity contribution < 1.29 is 0 Å². The van der Waals surface area contributed by atoms with Gasteiger partial charge in [-0.15, -0.1) is 0 Å². The number of anilines is 1. The van der Waals surface area contributed by atoms with Gasteiger partial charge < -0.3 is 11.5 Å². The van der Waals surface area contributed by atoms with Crippen LogP contribution in [0.5, 0.6) is 0 Å². The molecule has 0 amide bonds. The zero-order chi connectivity index (χ0) is 14.3. The second kappa shape index (κ2) is 4.55. The van der Waals surface area contributed by atoms with Crippen LogP contribution in [0, 0.1) is 5.41 Å². The van der Waals surface area contributed by atoms with Gasteiger partial charge in [-0.05, 0) is 78.5 Å². The van der Waals surface area contributed by atoms with E-state index in [0.717, 1.165) is 37.1 Å². The molecule has 0 saturated heterocycles. The number of nitrogens with two attached hydrogens (primary N) is 2. The highest BCUT2D eigenvalue weighted by Crippen LogP contribution is 2.51. The number of hydrogen-bond donors (Lipinski definition) is 2. The molecule has 1 aromatic carbocycles. The fourth-order valence-corrected chi connectivity index (χ4v) is 3.82. The van der Waals surface area contributed by atoms with Crippen molar-refractivity contribution in [2.75, 3.05) is 5.73 Å². The Bertz CT molecular complexity index is 633. The lowest BCUT2D eigenvalue weighted by molar-refractivity contribution is 0.326. The van der Waals surface area contributed by atoms with Crippen LogP contribution in [0.4, 0.5) is 5.69 Å². The summed E-state index contributed by atoms with van der Waals surface area (Å²) in [5.74, 6) is 0. The highest BCUT2D eigenvalue weighted by Gasteiger charge is 2.41. The lowest BCUT2D eigenvalue weighted by atomic mass is 9.81. The third-order valence-electron chi connectivity index (χ3n) is 4.55. The van der Waals surface area contributed by atoms with Crippen LogP contribution in [0.2, 0.25) is 0 Å². The van der Waals surface area contributed by atoms with E-state index < -0.39 is 0 Å². The van der Waals surface area contributed by atoms with Gasteiger partial charge in [0.2, 0.25) is 0 Å². The van der Waals surface area contributed by atoms with Crippen molar-refractivity contribution in [1.29, 1.82) is 0 Å². The van der Waals surface area contributed by atoms with Crippen LogP contribution in [0.3, 0.4) is 0 Å². The Labute approximate surface area is 120 Å². The molecule has 0 saturated carbocycles. The van der Waals surface area contributed by atoms with Gasteiger partial charge in [-0.2, -0.15) is 0 Å². The van der Waals surface area contributed by atoms with Gasteiger partial charge in [0.25, 0.3) is 0 Å². The Kier molecular flexibility index (Phi) is 2.97. The first-order chi connectivity index (χ1) is 9.51. The van der Waals surface area contributed by atoms with Gasteiger partial charge in [-0.25, -0.2) is 0 Å². The number of hydrogen-bond acceptors (Lipinski definition) is 2. The molecule has 0 fully saturated rings. The fraction of sp³-hybridized carbons (Fsp3) is 0.333. The van der Waals surface area contributed by atoms with Crippen LogP contribution in [0.25, 0.3) is 0 Å². The topological polar surface area (TPSA) is 52.0 Å². The van der Waals surface area contributed by atoms with Crippen molar-refractivity contribution in [3.05, 3.63) is 64.9 Å². The Morgan fingerprint density at radius 1 is 1.15 bits per heavy atom. The first kappa shape index (κ1) is 13.0. The van der Waals surface area contributed by atoms with Crippen molar-refractivity contribution in [1.82, 2.24) is 0 Å². The molecule has 0 bridgehead atoms. The number of nitrogen functional groups attached to an aromatic ring is 1. The zero-order valence-corrected chi connectivity index (χ0v) is 12.1. The first-order valence-electron chi connectivity index (χ1n) is 7.17. The molecule has 2 aliphatic carbocycles. The summed E-state index contributed by atoms with van der Waals surface area (Å²) < 4.78 is 0. The van der Waals surface area contributed by atoms with Gasteiger partial charge in [0.1, 0.15) is 0 Å². The quantitative estimate of drug-likeness (QED) is 0.805. The largest absolute Gasteiger partial charge is 0.402 e. The van der Waals surface area contributed by atoms with Crippen LogP contribution >= 0.6 is 0 Å². The average Bonchev–Trinajstić information content (AvgIpc) is 2.88. The number of benzene rings is 1. The molecule has 0 aliphatic heterocycles. The van der Waals surface area contributed by atoms with Crippen LogP contribution in [-0.2, 0) is 12.8 Å². The van der Waals surface area contributed by atoms with E-state index in [1.807, 2.05) is 19.1 Å². The Morgan fingerprint density at radius 3 is 2.55 bits per heavy atom. The number of rotatable bonds is 2.